The summed E-state index contributed by atoms with van der Waals surface area (Å²) in [5, 5.41) is 0.616. The van der Waals surface area contributed by atoms with Crippen LogP contribution >= 0.6 is 11.6 Å². The number of rotatable bonds is 3. The Morgan fingerprint density at radius 3 is 2.50 bits per heavy atom. The molecule has 0 bridgehead atoms. The Kier molecular flexibility index (Phi) is 4.31. The molecule has 22 heavy (non-hydrogen) atoms. The zero-order chi connectivity index (χ0) is 15.5. The molecule has 0 saturated carbocycles. The second-order valence-corrected chi connectivity index (χ2v) is 5.68. The molecule has 0 radical (unpaired) electrons. The maximum atomic E-state index is 12.1. The predicted octanol–water partition coefficient (Wildman–Crippen LogP) is 1.97. The van der Waals surface area contributed by atoms with E-state index in [2.05, 4.69) is 26.8 Å². The van der Waals surface area contributed by atoms with Crippen molar-refractivity contribution in [1.29, 1.82) is 0 Å². The van der Waals surface area contributed by atoms with Crippen LogP contribution in [0.25, 0.3) is 0 Å². The van der Waals surface area contributed by atoms with E-state index in [1.165, 1.54) is 6.20 Å². The first-order valence-electron chi connectivity index (χ1n) is 7.08. The highest BCUT2D eigenvalue weighted by atomic mass is 35.5. The Bertz CT molecular complexity index is 693. The summed E-state index contributed by atoms with van der Waals surface area (Å²) in [4.78, 5) is 23.5. The van der Waals surface area contributed by atoms with Gasteiger partial charge in [0.1, 0.15) is 5.75 Å². The van der Waals surface area contributed by atoms with Gasteiger partial charge in [0, 0.05) is 31.2 Å². The minimum absolute atomic E-state index is 0.167. The summed E-state index contributed by atoms with van der Waals surface area (Å²) in [5.41, 5.74) is -0.293. The summed E-state index contributed by atoms with van der Waals surface area (Å²) in [7, 11) is 2.08. The molecule has 1 aromatic carbocycles. The lowest BCUT2D eigenvalue weighted by molar-refractivity contribution is 0.311. The predicted molar refractivity (Wildman–Crippen MR) is 86.1 cm³/mol. The van der Waals surface area contributed by atoms with Gasteiger partial charge in [-0.05, 0) is 31.3 Å². The molecule has 2 heterocycles. The lowest BCUT2D eigenvalue weighted by Gasteiger charge is -2.32. The molecule has 0 aliphatic carbocycles. The molecule has 1 aliphatic rings. The van der Waals surface area contributed by atoms with Gasteiger partial charge in [-0.1, -0.05) is 11.6 Å². The van der Waals surface area contributed by atoms with Gasteiger partial charge in [0.05, 0.1) is 6.20 Å². The minimum atomic E-state index is -0.293. The van der Waals surface area contributed by atoms with Crippen molar-refractivity contribution in [2.45, 2.75) is 0 Å². The number of hydrogen-bond donors (Lipinski definition) is 1. The molecule has 1 saturated heterocycles. The van der Waals surface area contributed by atoms with Gasteiger partial charge in [0.15, 0.2) is 0 Å². The first-order valence-corrected chi connectivity index (χ1v) is 7.46. The quantitative estimate of drug-likeness (QED) is 0.937. The van der Waals surface area contributed by atoms with Crippen molar-refractivity contribution in [2.24, 2.45) is 0 Å². The van der Waals surface area contributed by atoms with Crippen LogP contribution in [0.1, 0.15) is 0 Å². The van der Waals surface area contributed by atoms with Crippen LogP contribution in [0.15, 0.2) is 35.3 Å². The molecule has 0 spiro atoms. The molecule has 1 fully saturated rings. The number of ether oxygens (including phenoxy) is 1. The van der Waals surface area contributed by atoms with E-state index in [4.69, 9.17) is 16.3 Å². The fourth-order valence-electron chi connectivity index (χ4n) is 2.26. The van der Waals surface area contributed by atoms with E-state index in [-0.39, 0.29) is 11.3 Å². The number of nitrogens with zero attached hydrogens (tertiary/aromatic N) is 3. The normalized spacial score (nSPS) is 15.8. The summed E-state index contributed by atoms with van der Waals surface area (Å²) in [6, 6.07) is 6.82. The molecule has 1 aliphatic heterocycles. The molecule has 1 N–H and O–H groups in total. The number of hydrogen-bond acceptors (Lipinski definition) is 5. The topological polar surface area (TPSA) is 61.5 Å². The number of piperazine rings is 1. The van der Waals surface area contributed by atoms with Crippen molar-refractivity contribution in [3.05, 3.63) is 45.8 Å². The van der Waals surface area contributed by atoms with Crippen LogP contribution < -0.4 is 15.2 Å². The number of anilines is 1. The molecular formula is C15H17ClN4O2. The van der Waals surface area contributed by atoms with Crippen LogP contribution in [0.2, 0.25) is 5.02 Å². The van der Waals surface area contributed by atoms with Crippen molar-refractivity contribution in [1.82, 2.24) is 14.9 Å². The fourth-order valence-corrected chi connectivity index (χ4v) is 2.38. The zero-order valence-corrected chi connectivity index (χ0v) is 13.0. The second-order valence-electron chi connectivity index (χ2n) is 5.25. The number of halogens is 1. The fraction of sp³-hybridized carbons (Fsp3) is 0.333. The Morgan fingerprint density at radius 2 is 1.86 bits per heavy atom. The zero-order valence-electron chi connectivity index (χ0n) is 12.3. The van der Waals surface area contributed by atoms with E-state index < -0.39 is 0 Å². The maximum Gasteiger partial charge on any atom is 0.295 e. The van der Waals surface area contributed by atoms with Gasteiger partial charge in [-0.3, -0.25) is 9.78 Å². The molecule has 6 nitrogen and oxygen atoms in total. The summed E-state index contributed by atoms with van der Waals surface area (Å²) in [6.45, 7) is 3.59. The van der Waals surface area contributed by atoms with E-state index >= 15 is 0 Å². The highest BCUT2D eigenvalue weighted by molar-refractivity contribution is 6.30. The molecule has 7 heteroatoms. The lowest BCUT2D eigenvalue weighted by atomic mass is 10.3. The van der Waals surface area contributed by atoms with Gasteiger partial charge < -0.3 is 14.5 Å². The second kappa shape index (κ2) is 6.37. The van der Waals surface area contributed by atoms with Crippen LogP contribution in [0.3, 0.4) is 0 Å². The van der Waals surface area contributed by atoms with Crippen molar-refractivity contribution in [3.63, 3.8) is 0 Å². The average molecular weight is 321 g/mol. The van der Waals surface area contributed by atoms with Crippen LogP contribution in [-0.2, 0) is 0 Å². The smallest absolute Gasteiger partial charge is 0.295 e. The van der Waals surface area contributed by atoms with Gasteiger partial charge in [-0.15, -0.1) is 0 Å². The van der Waals surface area contributed by atoms with Crippen LogP contribution in [0.5, 0.6) is 11.5 Å². The summed E-state index contributed by atoms with van der Waals surface area (Å²) in [6.07, 6.45) is 1.46. The summed E-state index contributed by atoms with van der Waals surface area (Å²) in [5.74, 6) is 1.30. The van der Waals surface area contributed by atoms with Crippen molar-refractivity contribution < 1.29 is 4.74 Å². The monoisotopic (exact) mass is 320 g/mol. The first-order chi connectivity index (χ1) is 10.6. The van der Waals surface area contributed by atoms with Crippen molar-refractivity contribution in [2.75, 3.05) is 38.1 Å². The van der Waals surface area contributed by atoms with E-state index in [1.807, 2.05) is 0 Å². The molecule has 1 aromatic heterocycles. The van der Waals surface area contributed by atoms with Gasteiger partial charge in [-0.25, -0.2) is 4.98 Å². The lowest BCUT2D eigenvalue weighted by Crippen LogP contribution is -2.45. The molecule has 0 unspecified atom stereocenters. The van der Waals surface area contributed by atoms with Crippen molar-refractivity contribution >= 4 is 17.5 Å². The highest BCUT2D eigenvalue weighted by Crippen LogP contribution is 2.20. The summed E-state index contributed by atoms with van der Waals surface area (Å²) < 4.78 is 5.53. The van der Waals surface area contributed by atoms with Crippen LogP contribution in [0.4, 0.5) is 5.95 Å². The Hall–Kier alpha value is -2.05. The van der Waals surface area contributed by atoms with E-state index in [0.29, 0.717) is 16.7 Å². The Labute approximate surface area is 133 Å². The van der Waals surface area contributed by atoms with Gasteiger partial charge in [0.25, 0.3) is 5.56 Å². The van der Waals surface area contributed by atoms with Crippen LogP contribution in [-0.4, -0.2) is 48.1 Å². The minimum Gasteiger partial charge on any atom is -0.450 e. The van der Waals surface area contributed by atoms with Crippen LogP contribution in [0, 0.1) is 0 Å². The Morgan fingerprint density at radius 1 is 1.18 bits per heavy atom. The number of aromatic nitrogens is 2. The molecular weight excluding hydrogens is 304 g/mol. The molecule has 3 rings (SSSR count). The largest absolute Gasteiger partial charge is 0.450 e. The van der Waals surface area contributed by atoms with E-state index in [0.717, 1.165) is 26.2 Å². The average Bonchev–Trinajstić information content (AvgIpc) is 2.52. The molecule has 116 valence electrons. The molecule has 2 aromatic rings. The maximum absolute atomic E-state index is 12.1. The molecule has 0 amide bonds. The third kappa shape index (κ3) is 3.40. The van der Waals surface area contributed by atoms with E-state index in [1.54, 1.807) is 24.3 Å². The number of aromatic amines is 1. The number of nitrogens with one attached hydrogen (secondary N) is 1. The molecule has 0 atom stereocenters. The Balaban J connectivity index is 1.75. The summed E-state index contributed by atoms with van der Waals surface area (Å²) >= 11 is 5.82. The van der Waals surface area contributed by atoms with Gasteiger partial charge in [0.2, 0.25) is 11.7 Å². The van der Waals surface area contributed by atoms with Crippen molar-refractivity contribution in [3.8, 4) is 11.5 Å². The number of H-pyrrole nitrogens is 1. The highest BCUT2D eigenvalue weighted by Gasteiger charge is 2.16. The van der Waals surface area contributed by atoms with Gasteiger partial charge >= 0.3 is 0 Å². The SMILES string of the molecule is CN1CCN(c2ncc(Oc3ccc(Cl)cc3)c(=O)[nH]2)CC1. The van der Waals surface area contributed by atoms with E-state index in [9.17, 15) is 4.79 Å². The standard InChI is InChI=1S/C15H17ClN4O2/c1-19-6-8-20(9-7-19)15-17-10-13(14(21)18-15)22-12-4-2-11(16)3-5-12/h2-5,10H,6-9H2,1H3,(H,17,18,21). The third-order valence-electron chi connectivity index (χ3n) is 3.60. The van der Waals surface area contributed by atoms with Gasteiger partial charge in [-0.2, -0.15) is 0 Å². The number of likely N-dealkylation sites (N-methyl/N-ethyl adjacent to an activating group) is 1. The first kappa shape index (κ1) is 14.9. The third-order valence-corrected chi connectivity index (χ3v) is 3.85. The number of benzene rings is 1.